The van der Waals surface area contributed by atoms with Gasteiger partial charge in [-0.2, -0.15) is 8.42 Å². The first-order valence-electron chi connectivity index (χ1n) is 22.1. The van der Waals surface area contributed by atoms with Crippen LogP contribution in [0.4, 0.5) is 0 Å². The van der Waals surface area contributed by atoms with E-state index >= 15 is 0 Å². The van der Waals surface area contributed by atoms with Crippen molar-refractivity contribution in [3.8, 4) is 0 Å². The first-order chi connectivity index (χ1) is 29.0. The first-order valence-corrected chi connectivity index (χ1v) is 23.8. The highest BCUT2D eigenvalue weighted by Gasteiger charge is 2.46. The van der Waals surface area contributed by atoms with Gasteiger partial charge in [-0.25, -0.2) is 0 Å². The lowest BCUT2D eigenvalue weighted by Crippen LogP contribution is -2.60. The van der Waals surface area contributed by atoms with Gasteiger partial charge in [0, 0.05) is 12.8 Å². The second-order valence-corrected chi connectivity index (χ2v) is 16.5. The molecule has 13 heteroatoms. The van der Waals surface area contributed by atoms with E-state index in [-0.39, 0.29) is 19.4 Å². The summed E-state index contributed by atoms with van der Waals surface area (Å²) in [5.41, 5.74) is 0. The van der Waals surface area contributed by atoms with Gasteiger partial charge >= 0.3 is 11.9 Å². The Bertz CT molecular complexity index is 1430. The lowest BCUT2D eigenvalue weighted by atomic mass is 10.00. The summed E-state index contributed by atoms with van der Waals surface area (Å²) in [6.07, 6.45) is 37.8. The standard InChI is InChI=1S/C47H76O12S/c1-3-5-7-9-11-13-15-17-19-20-22-23-25-27-29-31-33-35-42(48)56-37-40(38-57-47-46(52)45(51)44(50)41(59-47)39-60(53,54)55)58-43(49)36-34-32-30-28-26-24-21-18-16-14-12-10-8-6-4-2/h6,8,12,14,17-19,21-23,26-29,40-41,44-47,50-52H,3-5,7,9-11,13,15-16,20,24-25,30-39H2,1-2H3,(H,53,54,55)/b8-6+,14-12+,19-17+,21-18+,23-22+,28-26+,29-27+/t40-,41-,44-,45?,46?,47+/m1/s1. The zero-order chi connectivity index (χ0) is 44.1. The molecular weight excluding hydrogens is 789 g/mol. The highest BCUT2D eigenvalue weighted by atomic mass is 32.2. The Kier molecular flexibility index (Phi) is 33.3. The van der Waals surface area contributed by atoms with Crippen molar-refractivity contribution >= 4 is 22.1 Å². The molecular formula is C47H76O12S. The van der Waals surface area contributed by atoms with E-state index in [1.807, 2.05) is 6.08 Å². The van der Waals surface area contributed by atoms with E-state index in [1.54, 1.807) is 0 Å². The van der Waals surface area contributed by atoms with Gasteiger partial charge in [-0.1, -0.05) is 131 Å². The van der Waals surface area contributed by atoms with Crippen molar-refractivity contribution in [3.05, 3.63) is 85.1 Å². The van der Waals surface area contributed by atoms with E-state index in [2.05, 4.69) is 92.8 Å². The average molecular weight is 865 g/mol. The van der Waals surface area contributed by atoms with Crippen molar-refractivity contribution in [1.29, 1.82) is 0 Å². The number of carbonyl (C=O) groups excluding carboxylic acids is 2. The van der Waals surface area contributed by atoms with Crippen LogP contribution in [0.1, 0.15) is 142 Å². The topological polar surface area (TPSA) is 186 Å². The van der Waals surface area contributed by atoms with Gasteiger partial charge in [0.1, 0.15) is 36.8 Å². The number of aliphatic hydroxyl groups excluding tert-OH is 3. The average Bonchev–Trinajstić information content (AvgIpc) is 3.21. The smallest absolute Gasteiger partial charge is 0.306 e. The largest absolute Gasteiger partial charge is 0.462 e. The van der Waals surface area contributed by atoms with E-state index in [0.717, 1.165) is 57.8 Å². The predicted octanol–water partition coefficient (Wildman–Crippen LogP) is 8.89. The molecule has 1 aliphatic heterocycles. The maximum atomic E-state index is 12.8. The van der Waals surface area contributed by atoms with E-state index in [9.17, 15) is 37.9 Å². The van der Waals surface area contributed by atoms with E-state index in [4.69, 9.17) is 18.9 Å². The molecule has 12 nitrogen and oxygen atoms in total. The van der Waals surface area contributed by atoms with E-state index in [0.29, 0.717) is 19.3 Å². The van der Waals surface area contributed by atoms with Crippen LogP contribution in [0.5, 0.6) is 0 Å². The molecule has 1 rings (SSSR count). The van der Waals surface area contributed by atoms with Crippen LogP contribution >= 0.6 is 0 Å². The molecule has 2 unspecified atom stereocenters. The van der Waals surface area contributed by atoms with Crippen molar-refractivity contribution in [2.45, 2.75) is 179 Å². The molecule has 0 aromatic heterocycles. The summed E-state index contributed by atoms with van der Waals surface area (Å²) in [6.45, 7) is 3.54. The number of unbranched alkanes of at least 4 members (excludes halogenated alkanes) is 9. The lowest BCUT2D eigenvalue weighted by Gasteiger charge is -2.40. The lowest BCUT2D eigenvalue weighted by molar-refractivity contribution is -0.297. The fraction of sp³-hybridized carbons (Fsp3) is 0.660. The van der Waals surface area contributed by atoms with Gasteiger partial charge in [-0.15, -0.1) is 0 Å². The fourth-order valence-corrected chi connectivity index (χ4v) is 6.73. The summed E-state index contributed by atoms with van der Waals surface area (Å²) in [7, 11) is -4.62. The molecule has 0 saturated carbocycles. The van der Waals surface area contributed by atoms with Crippen LogP contribution in [-0.2, 0) is 38.7 Å². The number of rotatable bonds is 35. The van der Waals surface area contributed by atoms with Crippen LogP contribution in [0.3, 0.4) is 0 Å². The van der Waals surface area contributed by atoms with E-state index < -0.39 is 71.2 Å². The Morgan fingerprint density at radius 2 is 1.07 bits per heavy atom. The van der Waals surface area contributed by atoms with Crippen LogP contribution < -0.4 is 0 Å². The Morgan fingerprint density at radius 3 is 1.62 bits per heavy atom. The second kappa shape index (κ2) is 36.5. The molecule has 0 aliphatic carbocycles. The molecule has 6 atom stereocenters. The SMILES string of the molecule is CC/C=C/C/C=C/C/C=C/C/C=C/CCCCC(=O)O[C@H](COC(=O)CCC/C=C/C/C=C/C/C=C/CCCCCCCC)CO[C@H]1O[C@H](CS(=O)(=O)O)[C@@H](O)C(O)C1O. The fourth-order valence-electron chi connectivity index (χ4n) is 6.03. The van der Waals surface area contributed by atoms with Crippen LogP contribution in [0, 0.1) is 0 Å². The summed E-state index contributed by atoms with van der Waals surface area (Å²) < 4.78 is 53.9. The molecule has 1 saturated heterocycles. The summed E-state index contributed by atoms with van der Waals surface area (Å²) in [5.74, 6) is -2.12. The predicted molar refractivity (Wildman–Crippen MR) is 238 cm³/mol. The van der Waals surface area contributed by atoms with Gasteiger partial charge in [0.15, 0.2) is 12.4 Å². The van der Waals surface area contributed by atoms with Gasteiger partial charge in [0.2, 0.25) is 0 Å². The van der Waals surface area contributed by atoms with Crippen molar-refractivity contribution < 1.29 is 56.8 Å². The molecule has 0 aromatic rings. The zero-order valence-corrected chi connectivity index (χ0v) is 37.1. The molecule has 0 bridgehead atoms. The third-order valence-corrected chi connectivity index (χ3v) is 10.2. The Morgan fingerprint density at radius 1 is 0.583 bits per heavy atom. The zero-order valence-electron chi connectivity index (χ0n) is 36.3. The Labute approximate surface area is 360 Å². The minimum absolute atomic E-state index is 0.0966. The number of carbonyl (C=O) groups is 2. The molecule has 342 valence electrons. The van der Waals surface area contributed by atoms with Gasteiger partial charge in [-0.05, 0) is 83.5 Å². The molecule has 1 fully saturated rings. The summed E-state index contributed by atoms with van der Waals surface area (Å²) >= 11 is 0. The monoisotopic (exact) mass is 865 g/mol. The summed E-state index contributed by atoms with van der Waals surface area (Å²) in [5, 5.41) is 30.8. The number of allylic oxidation sites excluding steroid dienone is 14. The van der Waals surface area contributed by atoms with Gasteiger partial charge in [0.05, 0.1) is 6.61 Å². The van der Waals surface area contributed by atoms with Crippen molar-refractivity contribution in [2.75, 3.05) is 19.0 Å². The maximum Gasteiger partial charge on any atom is 0.306 e. The Balaban J connectivity index is 2.54. The Hall–Kier alpha value is -3.17. The number of aliphatic hydroxyl groups is 3. The molecule has 4 N–H and O–H groups in total. The number of esters is 2. The number of hydrogen-bond donors (Lipinski definition) is 4. The van der Waals surface area contributed by atoms with Crippen molar-refractivity contribution in [2.24, 2.45) is 0 Å². The van der Waals surface area contributed by atoms with Gasteiger partial charge in [0.25, 0.3) is 10.1 Å². The molecule has 0 radical (unpaired) electrons. The molecule has 0 spiro atoms. The first kappa shape index (κ1) is 54.8. The number of ether oxygens (including phenoxy) is 4. The van der Waals surface area contributed by atoms with Crippen LogP contribution in [0.25, 0.3) is 0 Å². The molecule has 1 heterocycles. The maximum absolute atomic E-state index is 12.8. The van der Waals surface area contributed by atoms with Crippen molar-refractivity contribution in [1.82, 2.24) is 0 Å². The van der Waals surface area contributed by atoms with Gasteiger partial charge < -0.3 is 34.3 Å². The van der Waals surface area contributed by atoms with Crippen LogP contribution in [0.15, 0.2) is 85.1 Å². The summed E-state index contributed by atoms with van der Waals surface area (Å²) in [6, 6.07) is 0. The molecule has 60 heavy (non-hydrogen) atoms. The number of hydrogen-bond acceptors (Lipinski definition) is 11. The minimum Gasteiger partial charge on any atom is -0.462 e. The van der Waals surface area contributed by atoms with Crippen molar-refractivity contribution in [3.63, 3.8) is 0 Å². The highest BCUT2D eigenvalue weighted by molar-refractivity contribution is 7.85. The normalized spacial score (nSPS) is 20.9. The van der Waals surface area contributed by atoms with Crippen LogP contribution in [0.2, 0.25) is 0 Å². The second-order valence-electron chi connectivity index (χ2n) is 15.0. The third-order valence-electron chi connectivity index (χ3n) is 9.46. The van der Waals surface area contributed by atoms with E-state index in [1.165, 1.54) is 38.5 Å². The highest BCUT2D eigenvalue weighted by Crippen LogP contribution is 2.24. The van der Waals surface area contributed by atoms with Crippen LogP contribution in [-0.4, -0.2) is 96.0 Å². The molecule has 0 aromatic carbocycles. The third kappa shape index (κ3) is 30.8. The van der Waals surface area contributed by atoms with Gasteiger partial charge in [-0.3, -0.25) is 14.1 Å². The summed E-state index contributed by atoms with van der Waals surface area (Å²) in [4.78, 5) is 25.3. The minimum atomic E-state index is -4.62. The molecule has 0 amide bonds. The molecule has 1 aliphatic rings. The quantitative estimate of drug-likeness (QED) is 0.0206.